The molecular weight excluding hydrogens is 360 g/mol. The van der Waals surface area contributed by atoms with Gasteiger partial charge in [0.15, 0.2) is 0 Å². The smallest absolute Gasteiger partial charge is 0.245 e. The van der Waals surface area contributed by atoms with Crippen LogP contribution in [-0.2, 0) is 21.2 Å². The molecule has 25 heavy (non-hydrogen) atoms. The van der Waals surface area contributed by atoms with E-state index in [4.69, 9.17) is 11.6 Å². The Kier molecular flexibility index (Phi) is 6.08. The number of hydrogen-bond acceptors (Lipinski definition) is 3. The summed E-state index contributed by atoms with van der Waals surface area (Å²) in [5, 5.41) is 3.23. The molecule has 2 aromatic carbocycles. The van der Waals surface area contributed by atoms with Crippen LogP contribution in [0.15, 0.2) is 42.5 Å². The van der Waals surface area contributed by atoms with Crippen LogP contribution in [0.1, 0.15) is 18.1 Å². The molecule has 2 aromatic rings. The molecule has 0 atom stereocenters. The van der Waals surface area contributed by atoms with Crippen LogP contribution >= 0.6 is 11.6 Å². The summed E-state index contributed by atoms with van der Waals surface area (Å²) in [6.45, 7) is 3.48. The van der Waals surface area contributed by atoms with E-state index in [2.05, 4.69) is 5.32 Å². The van der Waals surface area contributed by atoms with Gasteiger partial charge >= 0.3 is 0 Å². The Bertz CT molecular complexity index is 882. The Labute approximate surface area is 153 Å². The third-order valence-electron chi connectivity index (χ3n) is 3.80. The Morgan fingerprint density at radius 3 is 2.52 bits per heavy atom. The molecule has 0 bridgehead atoms. The van der Waals surface area contributed by atoms with E-state index in [0.717, 1.165) is 21.7 Å². The number of aryl methyl sites for hydroxylation is 2. The number of para-hydroxylation sites is 1. The second-order valence-corrected chi connectivity index (χ2v) is 8.10. The molecule has 0 aliphatic carbocycles. The Morgan fingerprint density at radius 1 is 1.20 bits per heavy atom. The zero-order valence-corrected chi connectivity index (χ0v) is 16.0. The third-order valence-corrected chi connectivity index (χ3v) is 5.16. The van der Waals surface area contributed by atoms with Crippen LogP contribution < -0.4 is 9.62 Å². The minimum absolute atomic E-state index is 0.304. The van der Waals surface area contributed by atoms with Crippen molar-refractivity contribution in [1.82, 2.24) is 0 Å². The quantitative estimate of drug-likeness (QED) is 0.832. The highest BCUT2D eigenvalue weighted by Crippen LogP contribution is 2.24. The lowest BCUT2D eigenvalue weighted by molar-refractivity contribution is -0.114. The molecule has 0 fully saturated rings. The fourth-order valence-corrected chi connectivity index (χ4v) is 3.54. The van der Waals surface area contributed by atoms with Gasteiger partial charge in [0.2, 0.25) is 15.9 Å². The van der Waals surface area contributed by atoms with Crippen LogP contribution in [0.25, 0.3) is 0 Å². The SMILES string of the molecule is CCc1ccccc1N(CC(=O)Nc1cc(Cl)ccc1C)S(C)(=O)=O. The van der Waals surface area contributed by atoms with E-state index in [-0.39, 0.29) is 6.54 Å². The number of amides is 1. The summed E-state index contributed by atoms with van der Waals surface area (Å²) >= 11 is 5.96. The maximum Gasteiger partial charge on any atom is 0.245 e. The minimum atomic E-state index is -3.61. The molecule has 2 rings (SSSR count). The van der Waals surface area contributed by atoms with Gasteiger partial charge in [-0.1, -0.05) is 42.8 Å². The van der Waals surface area contributed by atoms with E-state index >= 15 is 0 Å². The summed E-state index contributed by atoms with van der Waals surface area (Å²) in [6, 6.07) is 12.3. The van der Waals surface area contributed by atoms with Gasteiger partial charge in [-0.05, 0) is 42.7 Å². The standard InChI is InChI=1S/C18H21ClN2O3S/c1-4-14-7-5-6-8-17(14)21(25(3,23)24)12-18(22)20-16-11-15(19)10-9-13(16)2/h5-11H,4,12H2,1-3H3,(H,20,22). The van der Waals surface area contributed by atoms with Crippen molar-refractivity contribution in [3.63, 3.8) is 0 Å². The van der Waals surface area contributed by atoms with Gasteiger partial charge in [0.25, 0.3) is 0 Å². The van der Waals surface area contributed by atoms with E-state index in [1.807, 2.05) is 26.0 Å². The first-order chi connectivity index (χ1) is 11.7. The molecule has 1 N–H and O–H groups in total. The van der Waals surface area contributed by atoms with E-state index < -0.39 is 15.9 Å². The first-order valence-electron chi connectivity index (χ1n) is 7.84. The lowest BCUT2D eigenvalue weighted by Gasteiger charge is -2.24. The zero-order chi connectivity index (χ0) is 18.6. The highest BCUT2D eigenvalue weighted by molar-refractivity contribution is 7.92. The van der Waals surface area contributed by atoms with Crippen molar-refractivity contribution in [2.45, 2.75) is 20.3 Å². The molecule has 134 valence electrons. The van der Waals surface area contributed by atoms with E-state index in [1.54, 1.807) is 30.3 Å². The zero-order valence-electron chi connectivity index (χ0n) is 14.4. The number of nitrogens with one attached hydrogen (secondary N) is 1. The molecule has 0 saturated carbocycles. The molecule has 5 nitrogen and oxygen atoms in total. The summed E-state index contributed by atoms with van der Waals surface area (Å²) in [5.41, 5.74) is 2.79. The van der Waals surface area contributed by atoms with Gasteiger partial charge in [-0.25, -0.2) is 8.42 Å². The number of rotatable bonds is 6. The van der Waals surface area contributed by atoms with Crippen molar-refractivity contribution in [3.05, 3.63) is 58.6 Å². The number of benzene rings is 2. The minimum Gasteiger partial charge on any atom is -0.324 e. The molecular formula is C18H21ClN2O3S. The Hall–Kier alpha value is -2.05. The molecule has 0 aromatic heterocycles. The van der Waals surface area contributed by atoms with Gasteiger partial charge in [-0.2, -0.15) is 0 Å². The van der Waals surface area contributed by atoms with Crippen LogP contribution in [0.2, 0.25) is 5.02 Å². The predicted molar refractivity (Wildman–Crippen MR) is 103 cm³/mol. The topological polar surface area (TPSA) is 66.5 Å². The number of anilines is 2. The maximum atomic E-state index is 12.4. The highest BCUT2D eigenvalue weighted by atomic mass is 35.5. The van der Waals surface area contributed by atoms with Gasteiger partial charge in [0.05, 0.1) is 11.9 Å². The van der Waals surface area contributed by atoms with Gasteiger partial charge in [0.1, 0.15) is 6.54 Å². The maximum absolute atomic E-state index is 12.4. The second kappa shape index (κ2) is 7.89. The normalized spacial score (nSPS) is 11.2. The van der Waals surface area contributed by atoms with Gasteiger partial charge in [-0.15, -0.1) is 0 Å². The fraction of sp³-hybridized carbons (Fsp3) is 0.278. The van der Waals surface area contributed by atoms with Gasteiger partial charge < -0.3 is 5.32 Å². The van der Waals surface area contributed by atoms with E-state index in [0.29, 0.717) is 22.8 Å². The van der Waals surface area contributed by atoms with E-state index in [1.165, 1.54) is 0 Å². The molecule has 0 saturated heterocycles. The fourth-order valence-electron chi connectivity index (χ4n) is 2.48. The number of nitrogens with zero attached hydrogens (tertiary/aromatic N) is 1. The van der Waals surface area contributed by atoms with Crippen molar-refractivity contribution in [2.75, 3.05) is 22.4 Å². The number of carbonyl (C=O) groups is 1. The number of hydrogen-bond donors (Lipinski definition) is 1. The largest absolute Gasteiger partial charge is 0.324 e. The summed E-state index contributed by atoms with van der Waals surface area (Å²) in [5.74, 6) is -0.429. The Morgan fingerprint density at radius 2 is 1.88 bits per heavy atom. The summed E-state index contributed by atoms with van der Waals surface area (Å²) in [4.78, 5) is 12.4. The third kappa shape index (κ3) is 4.96. The second-order valence-electron chi connectivity index (χ2n) is 5.76. The highest BCUT2D eigenvalue weighted by Gasteiger charge is 2.23. The molecule has 0 heterocycles. The van der Waals surface area contributed by atoms with Crippen LogP contribution in [0.3, 0.4) is 0 Å². The van der Waals surface area contributed by atoms with Gasteiger partial charge in [0, 0.05) is 10.7 Å². The summed E-state index contributed by atoms with van der Waals surface area (Å²) in [7, 11) is -3.61. The number of halogens is 1. The van der Waals surface area contributed by atoms with Crippen molar-refractivity contribution < 1.29 is 13.2 Å². The van der Waals surface area contributed by atoms with E-state index in [9.17, 15) is 13.2 Å². The summed E-state index contributed by atoms with van der Waals surface area (Å²) in [6.07, 6.45) is 1.76. The van der Waals surface area contributed by atoms with Crippen LogP contribution in [0.4, 0.5) is 11.4 Å². The molecule has 0 radical (unpaired) electrons. The van der Waals surface area contributed by atoms with Crippen LogP contribution in [-0.4, -0.2) is 27.1 Å². The Balaban J connectivity index is 2.29. The van der Waals surface area contributed by atoms with Gasteiger partial charge in [-0.3, -0.25) is 9.10 Å². The molecule has 0 aliphatic heterocycles. The van der Waals surface area contributed by atoms with Crippen LogP contribution in [0, 0.1) is 6.92 Å². The van der Waals surface area contributed by atoms with Crippen molar-refractivity contribution in [1.29, 1.82) is 0 Å². The van der Waals surface area contributed by atoms with Crippen molar-refractivity contribution in [3.8, 4) is 0 Å². The first kappa shape index (κ1) is 19.3. The first-order valence-corrected chi connectivity index (χ1v) is 10.1. The monoisotopic (exact) mass is 380 g/mol. The average molecular weight is 381 g/mol. The molecule has 0 unspecified atom stereocenters. The predicted octanol–water partition coefficient (Wildman–Crippen LogP) is 3.62. The summed E-state index contributed by atoms with van der Waals surface area (Å²) < 4.78 is 25.6. The lowest BCUT2D eigenvalue weighted by atomic mass is 10.1. The molecule has 1 amide bonds. The molecule has 0 spiro atoms. The number of carbonyl (C=O) groups excluding carboxylic acids is 1. The lowest BCUT2D eigenvalue weighted by Crippen LogP contribution is -2.38. The molecule has 7 heteroatoms. The average Bonchev–Trinajstić information content (AvgIpc) is 2.55. The molecule has 0 aliphatic rings. The van der Waals surface area contributed by atoms with Crippen molar-refractivity contribution in [2.24, 2.45) is 0 Å². The van der Waals surface area contributed by atoms with Crippen molar-refractivity contribution >= 4 is 38.9 Å². The number of sulfonamides is 1. The van der Waals surface area contributed by atoms with Crippen LogP contribution in [0.5, 0.6) is 0 Å².